The maximum atomic E-state index is 15.4. The molecule has 0 spiro atoms. The van der Waals surface area contributed by atoms with Gasteiger partial charge in [0.1, 0.15) is 22.6 Å². The number of aromatic amines is 1. The Morgan fingerprint density at radius 1 is 1.14 bits per heavy atom. The number of rotatable bonds is 5. The van der Waals surface area contributed by atoms with Gasteiger partial charge < -0.3 is 9.52 Å². The molecule has 1 aromatic heterocycles. The number of benzene rings is 2. The lowest BCUT2D eigenvalue weighted by molar-refractivity contribution is 0.0253. The first-order valence-corrected chi connectivity index (χ1v) is 13.0. The molecule has 35 heavy (non-hydrogen) atoms. The molecule has 3 aromatic rings. The summed E-state index contributed by atoms with van der Waals surface area (Å²) in [7, 11) is -3.82. The third-order valence-electron chi connectivity index (χ3n) is 7.34. The predicted octanol–water partition coefficient (Wildman–Crippen LogP) is 3.74. The van der Waals surface area contributed by atoms with Gasteiger partial charge in [-0.05, 0) is 50.3 Å². The van der Waals surface area contributed by atoms with Crippen molar-refractivity contribution in [2.24, 2.45) is 0 Å². The molecule has 2 fully saturated rings. The summed E-state index contributed by atoms with van der Waals surface area (Å²) in [5.41, 5.74) is -0.625. The molecule has 1 saturated heterocycles. The van der Waals surface area contributed by atoms with E-state index in [0.717, 1.165) is 12.1 Å². The highest BCUT2D eigenvalue weighted by atomic mass is 32.2. The summed E-state index contributed by atoms with van der Waals surface area (Å²) in [6.07, 6.45) is 1.73. The van der Waals surface area contributed by atoms with Crippen LogP contribution in [-0.4, -0.2) is 35.0 Å². The van der Waals surface area contributed by atoms with Gasteiger partial charge >= 0.3 is 5.76 Å². The lowest BCUT2D eigenvalue weighted by Crippen LogP contribution is -2.46. The molecule has 7 nitrogen and oxygen atoms in total. The molecule has 2 N–H and O–H groups in total. The minimum Gasteiger partial charge on any atom is -0.412 e. The van der Waals surface area contributed by atoms with Crippen LogP contribution in [0.2, 0.25) is 0 Å². The number of aliphatic hydroxyl groups excluding tert-OH is 1. The Balaban J connectivity index is 1.48. The number of nitrogens with zero attached hydrogens (tertiary/aromatic N) is 1. The normalized spacial score (nSPS) is 28.5. The summed E-state index contributed by atoms with van der Waals surface area (Å²) in [5.74, 6) is -2.12. The standard InChI is InChI=1S/C25H26F2N2O5S/c1-15-7-8-22(16-5-3-2-4-6-16)35(32,33)29(15)14-17-9-21(27)19(10-20(17)26)25(11-18(30)12-25)23-13-28-24(31)34-23/h2-6,9-10,13,15,18,22,30H,7-8,11-12,14H2,1H3,(H,28,31)/t15-,18?,22+,25?/m0/s1. The highest BCUT2D eigenvalue weighted by molar-refractivity contribution is 7.89. The van der Waals surface area contributed by atoms with Crippen LogP contribution in [0.25, 0.3) is 0 Å². The zero-order valence-electron chi connectivity index (χ0n) is 19.1. The average Bonchev–Trinajstić information content (AvgIpc) is 3.23. The molecule has 1 aliphatic carbocycles. The summed E-state index contributed by atoms with van der Waals surface area (Å²) in [6, 6.07) is 10.6. The van der Waals surface area contributed by atoms with Crippen LogP contribution >= 0.6 is 0 Å². The topological polar surface area (TPSA) is 104 Å². The van der Waals surface area contributed by atoms with Crippen molar-refractivity contribution in [1.29, 1.82) is 0 Å². The van der Waals surface area contributed by atoms with Gasteiger partial charge in [0.2, 0.25) is 10.0 Å². The summed E-state index contributed by atoms with van der Waals surface area (Å²) in [6.45, 7) is 1.46. The molecule has 1 aliphatic heterocycles. The molecular weight excluding hydrogens is 478 g/mol. The maximum absolute atomic E-state index is 15.4. The van der Waals surface area contributed by atoms with Gasteiger partial charge in [-0.15, -0.1) is 0 Å². The summed E-state index contributed by atoms with van der Waals surface area (Å²) < 4.78 is 64.1. The van der Waals surface area contributed by atoms with Crippen LogP contribution in [0.4, 0.5) is 8.78 Å². The van der Waals surface area contributed by atoms with E-state index in [9.17, 15) is 18.3 Å². The number of halogens is 2. The van der Waals surface area contributed by atoms with Crippen LogP contribution in [0.15, 0.2) is 57.9 Å². The zero-order chi connectivity index (χ0) is 25.0. The van der Waals surface area contributed by atoms with Crippen molar-refractivity contribution < 1.29 is 26.7 Å². The monoisotopic (exact) mass is 504 g/mol. The Morgan fingerprint density at radius 3 is 2.49 bits per heavy atom. The second kappa shape index (κ2) is 8.69. The average molecular weight is 505 g/mol. The van der Waals surface area contributed by atoms with Gasteiger partial charge in [0.05, 0.1) is 11.5 Å². The number of nitrogens with one attached hydrogen (secondary N) is 1. The molecule has 2 heterocycles. The third kappa shape index (κ3) is 4.03. The van der Waals surface area contributed by atoms with Gasteiger partial charge in [-0.3, -0.25) is 4.98 Å². The van der Waals surface area contributed by atoms with Crippen molar-refractivity contribution in [3.63, 3.8) is 0 Å². The SMILES string of the molecule is C[C@H]1CC[C@H](c2ccccc2)S(=O)(=O)N1Cc1cc(F)c(C2(c3c[nH]c(=O)o3)CC(O)C2)cc1F. The second-order valence-corrected chi connectivity index (χ2v) is 11.6. The van der Waals surface area contributed by atoms with Gasteiger partial charge in [-0.1, -0.05) is 30.3 Å². The van der Waals surface area contributed by atoms with E-state index in [1.807, 2.05) is 6.07 Å². The van der Waals surface area contributed by atoms with E-state index in [2.05, 4.69) is 4.98 Å². The smallest absolute Gasteiger partial charge is 0.412 e. The van der Waals surface area contributed by atoms with E-state index in [-0.39, 0.29) is 42.3 Å². The number of oxazole rings is 1. The fraction of sp³-hybridized carbons (Fsp3) is 0.400. The lowest BCUT2D eigenvalue weighted by Gasteiger charge is -2.44. The Labute approximate surface area is 201 Å². The van der Waals surface area contributed by atoms with E-state index in [1.54, 1.807) is 31.2 Å². The summed E-state index contributed by atoms with van der Waals surface area (Å²) in [4.78, 5) is 13.9. The van der Waals surface area contributed by atoms with Gasteiger partial charge in [-0.25, -0.2) is 22.0 Å². The summed E-state index contributed by atoms with van der Waals surface area (Å²) in [5, 5.41) is 9.18. The first kappa shape index (κ1) is 23.9. The zero-order valence-corrected chi connectivity index (χ0v) is 19.9. The molecule has 2 aromatic carbocycles. The first-order chi connectivity index (χ1) is 16.6. The number of H-pyrrole nitrogens is 1. The van der Waals surface area contributed by atoms with Crippen molar-refractivity contribution in [3.8, 4) is 0 Å². The number of hydrogen-bond acceptors (Lipinski definition) is 5. The van der Waals surface area contributed by atoms with Gasteiger partial charge in [-0.2, -0.15) is 4.31 Å². The van der Waals surface area contributed by atoms with Crippen LogP contribution < -0.4 is 5.76 Å². The Hall–Kier alpha value is -2.82. The molecule has 0 unspecified atom stereocenters. The molecule has 186 valence electrons. The van der Waals surface area contributed by atoms with Crippen molar-refractivity contribution in [3.05, 3.63) is 93.3 Å². The van der Waals surface area contributed by atoms with Gasteiger partial charge in [0, 0.05) is 29.9 Å². The van der Waals surface area contributed by atoms with Crippen molar-refractivity contribution >= 4 is 10.0 Å². The number of hydrogen-bond donors (Lipinski definition) is 2. The van der Waals surface area contributed by atoms with Crippen LogP contribution in [0.1, 0.15) is 60.3 Å². The minimum atomic E-state index is -3.82. The van der Waals surface area contributed by atoms with E-state index >= 15 is 8.78 Å². The van der Waals surface area contributed by atoms with Crippen molar-refractivity contribution in [2.75, 3.05) is 0 Å². The largest absolute Gasteiger partial charge is 0.416 e. The number of aromatic nitrogens is 1. The first-order valence-electron chi connectivity index (χ1n) is 11.5. The quantitative estimate of drug-likeness (QED) is 0.551. The van der Waals surface area contributed by atoms with Crippen molar-refractivity contribution in [2.45, 2.75) is 62.0 Å². The second-order valence-electron chi connectivity index (χ2n) is 9.53. The van der Waals surface area contributed by atoms with Crippen molar-refractivity contribution in [1.82, 2.24) is 9.29 Å². The predicted molar refractivity (Wildman–Crippen MR) is 124 cm³/mol. The molecule has 0 radical (unpaired) electrons. The molecule has 0 amide bonds. The molecule has 10 heteroatoms. The van der Waals surface area contributed by atoms with Crippen LogP contribution in [0.5, 0.6) is 0 Å². The van der Waals surface area contributed by atoms with Gasteiger partial charge in [0.15, 0.2) is 0 Å². The molecule has 1 saturated carbocycles. The van der Waals surface area contributed by atoms with E-state index in [4.69, 9.17) is 4.42 Å². The third-order valence-corrected chi connectivity index (χ3v) is 9.71. The molecule has 2 atom stereocenters. The van der Waals surface area contributed by atoms with Crippen LogP contribution in [-0.2, 0) is 22.0 Å². The maximum Gasteiger partial charge on any atom is 0.416 e. The van der Waals surface area contributed by atoms with E-state index in [1.165, 1.54) is 10.5 Å². The van der Waals surface area contributed by atoms with Crippen LogP contribution in [0, 0.1) is 11.6 Å². The molecule has 0 bridgehead atoms. The molecular formula is C25H26F2N2O5S. The molecule has 2 aliphatic rings. The number of aliphatic hydroxyl groups is 1. The highest BCUT2D eigenvalue weighted by Crippen LogP contribution is 2.50. The summed E-state index contributed by atoms with van der Waals surface area (Å²) >= 11 is 0. The molecule has 5 rings (SSSR count). The van der Waals surface area contributed by atoms with E-state index in [0.29, 0.717) is 18.4 Å². The lowest BCUT2D eigenvalue weighted by atomic mass is 9.61. The van der Waals surface area contributed by atoms with E-state index < -0.39 is 44.2 Å². The van der Waals surface area contributed by atoms with Crippen LogP contribution in [0.3, 0.4) is 0 Å². The fourth-order valence-electron chi connectivity index (χ4n) is 5.41. The minimum absolute atomic E-state index is 0.0384. The van der Waals surface area contributed by atoms with Gasteiger partial charge in [0.25, 0.3) is 0 Å². The fourth-order valence-corrected chi connectivity index (χ4v) is 7.60. The number of sulfonamides is 1. The Kier molecular flexibility index (Phi) is 5.93. The Bertz CT molecular complexity index is 1400. The Morgan fingerprint density at radius 2 is 1.86 bits per heavy atom. The highest BCUT2D eigenvalue weighted by Gasteiger charge is 2.51.